The zero-order valence-electron chi connectivity index (χ0n) is 32.1. The average Bonchev–Trinajstić information content (AvgIpc) is 3.89. The van der Waals surface area contributed by atoms with E-state index in [1.165, 1.54) is 0 Å². The number of fused-ring (bicyclic) bond motifs is 7. The van der Waals surface area contributed by atoms with Crippen LogP contribution in [0.3, 0.4) is 0 Å². The van der Waals surface area contributed by atoms with E-state index in [2.05, 4.69) is 126 Å². The summed E-state index contributed by atoms with van der Waals surface area (Å²) < 4.78 is 12.4. The van der Waals surface area contributed by atoms with Crippen LogP contribution in [-0.4, -0.2) is 19.9 Å². The fraction of sp³-hybridized carbons (Fsp3) is 0. The highest BCUT2D eigenvalue weighted by Crippen LogP contribution is 2.39. The fourth-order valence-electron chi connectivity index (χ4n) is 8.28. The zero-order valence-corrected chi connectivity index (χ0v) is 32.1. The molecule has 12 rings (SSSR count). The maximum absolute atomic E-state index is 6.22. The first-order valence-electron chi connectivity index (χ1n) is 19.9. The van der Waals surface area contributed by atoms with E-state index >= 15 is 0 Å². The number of hydrogen-bond acceptors (Lipinski definition) is 6. The van der Waals surface area contributed by atoms with Crippen molar-refractivity contribution < 1.29 is 8.83 Å². The van der Waals surface area contributed by atoms with Gasteiger partial charge in [0.15, 0.2) is 11.6 Å². The number of nitrogens with zero attached hydrogens (tertiary/aromatic N) is 4. The van der Waals surface area contributed by atoms with Crippen LogP contribution in [0.2, 0.25) is 0 Å². The molecular formula is C54H32N4O2. The molecule has 0 radical (unpaired) electrons. The molecule has 6 heteroatoms. The van der Waals surface area contributed by atoms with Crippen molar-refractivity contribution in [2.45, 2.75) is 0 Å². The first-order valence-corrected chi connectivity index (χ1v) is 19.9. The van der Waals surface area contributed by atoms with E-state index in [-0.39, 0.29) is 0 Å². The summed E-state index contributed by atoms with van der Waals surface area (Å²) in [5.41, 5.74) is 14.0. The van der Waals surface area contributed by atoms with E-state index in [0.29, 0.717) is 11.6 Å². The Labute approximate surface area is 344 Å². The van der Waals surface area contributed by atoms with Crippen LogP contribution in [0.4, 0.5) is 0 Å². The lowest BCUT2D eigenvalue weighted by atomic mass is 9.94. The zero-order chi connectivity index (χ0) is 39.6. The molecular weight excluding hydrogens is 737 g/mol. The molecule has 6 nitrogen and oxygen atoms in total. The van der Waals surface area contributed by atoms with Crippen molar-refractivity contribution in [3.05, 3.63) is 194 Å². The lowest BCUT2D eigenvalue weighted by Gasteiger charge is -2.13. The Balaban J connectivity index is 1.03. The smallest absolute Gasteiger partial charge is 0.160 e. The number of hydrogen-bond donors (Lipinski definition) is 0. The third-order valence-electron chi connectivity index (χ3n) is 11.3. The number of rotatable bonds is 6. The van der Waals surface area contributed by atoms with Crippen LogP contribution in [0.25, 0.3) is 122 Å². The summed E-state index contributed by atoms with van der Waals surface area (Å²) in [6.07, 6.45) is 1.88. The predicted octanol–water partition coefficient (Wildman–Crippen LogP) is 14.2. The Morgan fingerprint density at radius 1 is 0.300 bits per heavy atom. The number of para-hydroxylation sites is 3. The largest absolute Gasteiger partial charge is 0.456 e. The van der Waals surface area contributed by atoms with Crippen LogP contribution in [0.15, 0.2) is 203 Å². The van der Waals surface area contributed by atoms with E-state index in [1.54, 1.807) is 0 Å². The van der Waals surface area contributed by atoms with Crippen LogP contribution in [-0.2, 0) is 0 Å². The topological polar surface area (TPSA) is 77.8 Å². The Kier molecular flexibility index (Phi) is 7.74. The molecule has 4 aromatic heterocycles. The fourth-order valence-corrected chi connectivity index (χ4v) is 8.28. The van der Waals surface area contributed by atoms with Gasteiger partial charge in [0.1, 0.15) is 22.3 Å². The lowest BCUT2D eigenvalue weighted by Crippen LogP contribution is -1.97. The van der Waals surface area contributed by atoms with Gasteiger partial charge in [-0.25, -0.2) is 19.9 Å². The van der Waals surface area contributed by atoms with Crippen LogP contribution >= 0.6 is 0 Å². The van der Waals surface area contributed by atoms with Gasteiger partial charge in [-0.15, -0.1) is 0 Å². The van der Waals surface area contributed by atoms with Gasteiger partial charge in [-0.2, -0.15) is 0 Å². The summed E-state index contributed by atoms with van der Waals surface area (Å²) in [4.78, 5) is 20.1. The summed E-state index contributed by atoms with van der Waals surface area (Å²) in [7, 11) is 0. The van der Waals surface area contributed by atoms with E-state index in [1.807, 2.05) is 72.9 Å². The minimum absolute atomic E-state index is 0.626. The molecule has 0 saturated heterocycles. The lowest BCUT2D eigenvalue weighted by molar-refractivity contribution is 0.668. The minimum Gasteiger partial charge on any atom is -0.456 e. The van der Waals surface area contributed by atoms with Gasteiger partial charge in [-0.3, -0.25) is 0 Å². The average molecular weight is 769 g/mol. The number of aromatic nitrogens is 4. The summed E-state index contributed by atoms with van der Waals surface area (Å²) in [5, 5.41) is 5.33. The maximum Gasteiger partial charge on any atom is 0.160 e. The second kappa shape index (κ2) is 13.7. The molecule has 4 heterocycles. The highest BCUT2D eigenvalue weighted by atomic mass is 16.3. The first kappa shape index (κ1) is 33.9. The van der Waals surface area contributed by atoms with Gasteiger partial charge < -0.3 is 8.83 Å². The highest BCUT2D eigenvalue weighted by molar-refractivity contribution is 6.07. The van der Waals surface area contributed by atoms with Gasteiger partial charge in [0, 0.05) is 55.4 Å². The molecule has 0 aliphatic rings. The van der Waals surface area contributed by atoms with Crippen LogP contribution in [0.5, 0.6) is 0 Å². The molecule has 0 saturated carbocycles. The summed E-state index contributed by atoms with van der Waals surface area (Å²) in [6, 6.07) is 64.6. The monoisotopic (exact) mass is 768 g/mol. The predicted molar refractivity (Wildman–Crippen MR) is 242 cm³/mol. The normalized spacial score (nSPS) is 11.7. The van der Waals surface area contributed by atoms with Crippen molar-refractivity contribution in [1.29, 1.82) is 0 Å². The molecule has 60 heavy (non-hydrogen) atoms. The SMILES string of the molecule is c1ccc(-c2cc(-c3ccc(-c4ncc5ccccc5n4)cc3)nc(-c3cc(-c4ccc5oc6ccccc6c5c4)cc(-c4ccc5oc6ccccc6c5c4)c3)n2)cc1. The van der Waals surface area contributed by atoms with Gasteiger partial charge in [0.05, 0.1) is 16.9 Å². The quantitative estimate of drug-likeness (QED) is 0.168. The van der Waals surface area contributed by atoms with Crippen molar-refractivity contribution in [2.75, 3.05) is 0 Å². The third kappa shape index (κ3) is 5.89. The Morgan fingerprint density at radius 2 is 0.800 bits per heavy atom. The second-order valence-corrected chi connectivity index (χ2v) is 15.1. The van der Waals surface area contributed by atoms with E-state index in [0.717, 1.165) is 111 Å². The van der Waals surface area contributed by atoms with Crippen molar-refractivity contribution in [3.63, 3.8) is 0 Å². The first-order chi connectivity index (χ1) is 29.7. The van der Waals surface area contributed by atoms with Gasteiger partial charge >= 0.3 is 0 Å². The molecule has 8 aromatic carbocycles. The van der Waals surface area contributed by atoms with Gasteiger partial charge in [-0.1, -0.05) is 121 Å². The van der Waals surface area contributed by atoms with Gasteiger partial charge in [-0.05, 0) is 89.0 Å². The Morgan fingerprint density at radius 3 is 1.45 bits per heavy atom. The van der Waals surface area contributed by atoms with Crippen molar-refractivity contribution >= 4 is 54.8 Å². The summed E-state index contributed by atoms with van der Waals surface area (Å²) >= 11 is 0. The molecule has 0 N–H and O–H groups in total. The molecule has 0 spiro atoms. The molecule has 0 aliphatic carbocycles. The van der Waals surface area contributed by atoms with Crippen molar-refractivity contribution in [2.24, 2.45) is 0 Å². The third-order valence-corrected chi connectivity index (χ3v) is 11.3. The summed E-state index contributed by atoms with van der Waals surface area (Å²) in [6.45, 7) is 0. The van der Waals surface area contributed by atoms with Gasteiger partial charge in [0.2, 0.25) is 0 Å². The van der Waals surface area contributed by atoms with Crippen molar-refractivity contribution in [1.82, 2.24) is 19.9 Å². The molecule has 0 fully saturated rings. The van der Waals surface area contributed by atoms with Crippen molar-refractivity contribution in [3.8, 4) is 67.5 Å². The summed E-state index contributed by atoms with van der Waals surface area (Å²) in [5.74, 6) is 1.31. The molecule has 0 atom stereocenters. The molecule has 0 bridgehead atoms. The number of furan rings is 2. The van der Waals surface area contributed by atoms with Gasteiger partial charge in [0.25, 0.3) is 0 Å². The molecule has 0 amide bonds. The molecule has 12 aromatic rings. The molecule has 0 unspecified atom stereocenters. The highest BCUT2D eigenvalue weighted by Gasteiger charge is 2.17. The standard InChI is InChI=1S/C54H32N4O2/c1-2-10-33(11-3-1)47-31-48(34-18-20-35(21-19-34)53-55-32-38-12-4-7-15-46(38)56-53)58-54(57-47)41-27-39(36-22-24-51-44(29-36)42-13-5-8-16-49(42)59-51)26-40(28-41)37-23-25-52-45(30-37)43-14-6-9-17-50(43)60-52/h1-32H. The minimum atomic E-state index is 0.626. The molecule has 280 valence electrons. The Hall–Kier alpha value is -8.22. The van der Waals surface area contributed by atoms with E-state index in [4.69, 9.17) is 23.8 Å². The maximum atomic E-state index is 6.22. The van der Waals surface area contributed by atoms with E-state index < -0.39 is 0 Å². The van der Waals surface area contributed by atoms with Crippen LogP contribution in [0, 0.1) is 0 Å². The molecule has 0 aliphatic heterocycles. The Bertz CT molecular complexity index is 3480. The number of benzene rings is 8. The van der Waals surface area contributed by atoms with Crippen LogP contribution in [0.1, 0.15) is 0 Å². The van der Waals surface area contributed by atoms with Crippen LogP contribution < -0.4 is 0 Å². The second-order valence-electron chi connectivity index (χ2n) is 15.1. The van der Waals surface area contributed by atoms with E-state index in [9.17, 15) is 0 Å².